The van der Waals surface area contributed by atoms with Crippen molar-refractivity contribution >= 4 is 35.3 Å². The first-order valence-corrected chi connectivity index (χ1v) is 12.3. The summed E-state index contributed by atoms with van der Waals surface area (Å²) < 4.78 is 7.38. The van der Waals surface area contributed by atoms with Crippen molar-refractivity contribution in [1.29, 1.82) is 0 Å². The summed E-state index contributed by atoms with van der Waals surface area (Å²) in [5.74, 6) is 0.850. The zero-order chi connectivity index (χ0) is 12.9. The van der Waals surface area contributed by atoms with E-state index < -0.39 is 13.6 Å². The van der Waals surface area contributed by atoms with Crippen molar-refractivity contribution in [2.45, 2.75) is 36.5 Å². The van der Waals surface area contributed by atoms with E-state index in [1.165, 1.54) is 15.8 Å². The Bertz CT molecular complexity index is 360. The molecule has 0 aliphatic heterocycles. The molecule has 1 aromatic carbocycles. The van der Waals surface area contributed by atoms with Crippen LogP contribution in [0.5, 0.6) is 0 Å². The summed E-state index contributed by atoms with van der Waals surface area (Å²) in [4.78, 5) is 0. The molecule has 0 aliphatic rings. The van der Waals surface area contributed by atoms with Gasteiger partial charge in [0.2, 0.25) is 0 Å². The first kappa shape index (κ1) is 14.8. The fourth-order valence-electron chi connectivity index (χ4n) is 1.92. The molecule has 0 amide bonds. The van der Waals surface area contributed by atoms with Crippen LogP contribution in [0.2, 0.25) is 15.8 Å². The molecule has 0 N–H and O–H groups in total. The van der Waals surface area contributed by atoms with E-state index >= 15 is 0 Å². The summed E-state index contributed by atoms with van der Waals surface area (Å²) in [6, 6.07) is 8.17. The van der Waals surface area contributed by atoms with Crippen LogP contribution < -0.4 is 0 Å². The van der Waals surface area contributed by atoms with Gasteiger partial charge in [-0.25, -0.2) is 0 Å². The quantitative estimate of drug-likeness (QED) is 0.486. The minimum absolute atomic E-state index is 0.850. The average Bonchev–Trinajstić information content (AvgIpc) is 2.37. The van der Waals surface area contributed by atoms with Crippen molar-refractivity contribution < 1.29 is 3.76 Å². The van der Waals surface area contributed by atoms with Crippen LogP contribution in [0.25, 0.3) is 5.76 Å². The van der Waals surface area contributed by atoms with Crippen LogP contribution in [0.15, 0.2) is 35.3 Å². The van der Waals surface area contributed by atoms with Crippen LogP contribution >= 0.6 is 15.9 Å². The first-order chi connectivity index (χ1) is 8.06. The molecule has 0 radical (unpaired) electrons. The second kappa shape index (κ2) is 6.64. The van der Waals surface area contributed by atoms with Crippen LogP contribution in [0, 0.1) is 0 Å². The van der Waals surface area contributed by atoms with E-state index in [2.05, 4.69) is 55.4 Å². The predicted molar refractivity (Wildman–Crippen MR) is 81.5 cm³/mol. The van der Waals surface area contributed by atoms with Crippen molar-refractivity contribution in [3.05, 3.63) is 40.9 Å². The third-order valence-electron chi connectivity index (χ3n) is 3.44. The number of benzene rings is 1. The van der Waals surface area contributed by atoms with Gasteiger partial charge in [0.15, 0.2) is 0 Å². The molecule has 1 aromatic rings. The number of halogens is 1. The van der Waals surface area contributed by atoms with Crippen LogP contribution in [-0.2, 0) is 3.76 Å². The molecule has 0 atom stereocenters. The Morgan fingerprint density at radius 1 is 1.12 bits per heavy atom. The Morgan fingerprint density at radius 2 is 1.59 bits per heavy atom. The average molecular weight is 358 g/mol. The third-order valence-corrected chi connectivity index (χ3v) is 13.5. The summed E-state index contributed by atoms with van der Waals surface area (Å²) >= 11 is 1.32. The molecule has 0 aliphatic carbocycles. The molecule has 0 saturated heterocycles. The molecular weight excluding hydrogens is 337 g/mol. The maximum atomic E-state index is 6.29. The molecule has 94 valence electrons. The molecular formula is C14H21BrGeO. The van der Waals surface area contributed by atoms with Crippen molar-refractivity contribution in [1.82, 2.24) is 0 Å². The van der Waals surface area contributed by atoms with E-state index in [0.717, 1.165) is 15.8 Å². The Morgan fingerprint density at radius 3 is 2.00 bits per heavy atom. The van der Waals surface area contributed by atoms with Gasteiger partial charge in [-0.2, -0.15) is 0 Å². The van der Waals surface area contributed by atoms with E-state index in [-0.39, 0.29) is 0 Å². The second-order valence-electron chi connectivity index (χ2n) is 4.28. The monoisotopic (exact) mass is 358 g/mol. The Balaban J connectivity index is 2.81. The van der Waals surface area contributed by atoms with Crippen LogP contribution in [0.3, 0.4) is 0 Å². The molecule has 17 heavy (non-hydrogen) atoms. The van der Waals surface area contributed by atoms with Gasteiger partial charge in [0.25, 0.3) is 0 Å². The number of rotatable bonds is 6. The second-order valence-corrected chi connectivity index (χ2v) is 15.0. The summed E-state index contributed by atoms with van der Waals surface area (Å²) in [5.41, 5.74) is 1.10. The maximum absolute atomic E-state index is 6.29. The van der Waals surface area contributed by atoms with Crippen molar-refractivity contribution in [3.8, 4) is 0 Å². The van der Waals surface area contributed by atoms with Gasteiger partial charge in [-0.3, -0.25) is 0 Å². The summed E-state index contributed by atoms with van der Waals surface area (Å²) in [7, 11) is 0. The minimum atomic E-state index is -2.12. The standard InChI is InChI=1S/C14H21BrGeO/c1-5-16(6-2,7-3)17-12(4)13-8-10-14(15)11-9-13/h8-11H,4-7H2,1-3H3. The molecule has 3 heteroatoms. The molecule has 1 rings (SSSR count). The van der Waals surface area contributed by atoms with Crippen molar-refractivity contribution in [2.75, 3.05) is 0 Å². The van der Waals surface area contributed by atoms with E-state index in [0.29, 0.717) is 0 Å². The molecule has 0 spiro atoms. The summed E-state index contributed by atoms with van der Waals surface area (Å²) in [6.45, 7) is 10.8. The molecule has 0 aromatic heterocycles. The summed E-state index contributed by atoms with van der Waals surface area (Å²) in [6.07, 6.45) is 0. The van der Waals surface area contributed by atoms with Crippen molar-refractivity contribution in [2.24, 2.45) is 0 Å². The van der Waals surface area contributed by atoms with Crippen LogP contribution in [0.4, 0.5) is 0 Å². The summed E-state index contributed by atoms with van der Waals surface area (Å²) in [5, 5.41) is 3.59. The fourth-order valence-corrected chi connectivity index (χ4v) is 7.59. The van der Waals surface area contributed by atoms with Gasteiger partial charge >= 0.3 is 116 Å². The molecule has 0 bridgehead atoms. The molecule has 0 unspecified atom stereocenters. The van der Waals surface area contributed by atoms with E-state index in [1.54, 1.807) is 0 Å². The van der Waals surface area contributed by atoms with Gasteiger partial charge in [-0.15, -0.1) is 0 Å². The SMILES string of the molecule is C=C([O][Ge]([CH2]C)([CH2]C)[CH2]C)c1ccc(Br)cc1. The van der Waals surface area contributed by atoms with Crippen LogP contribution in [-0.4, -0.2) is 13.6 Å². The van der Waals surface area contributed by atoms with E-state index in [1.807, 2.05) is 12.1 Å². The van der Waals surface area contributed by atoms with Gasteiger partial charge in [0.05, 0.1) is 0 Å². The van der Waals surface area contributed by atoms with Gasteiger partial charge in [-0.1, -0.05) is 0 Å². The van der Waals surface area contributed by atoms with Gasteiger partial charge in [0.1, 0.15) is 0 Å². The normalized spacial score (nSPS) is 11.3. The van der Waals surface area contributed by atoms with Crippen molar-refractivity contribution in [3.63, 3.8) is 0 Å². The molecule has 0 saturated carbocycles. The molecule has 0 heterocycles. The molecule has 0 fully saturated rings. The first-order valence-electron chi connectivity index (χ1n) is 6.20. The topological polar surface area (TPSA) is 9.23 Å². The van der Waals surface area contributed by atoms with Gasteiger partial charge < -0.3 is 0 Å². The number of hydrogen-bond acceptors (Lipinski definition) is 1. The van der Waals surface area contributed by atoms with Gasteiger partial charge in [-0.05, 0) is 0 Å². The zero-order valence-electron chi connectivity index (χ0n) is 10.9. The van der Waals surface area contributed by atoms with E-state index in [9.17, 15) is 0 Å². The Hall–Kier alpha value is -0.217. The van der Waals surface area contributed by atoms with E-state index in [4.69, 9.17) is 3.76 Å². The zero-order valence-corrected chi connectivity index (χ0v) is 14.6. The van der Waals surface area contributed by atoms with Crippen LogP contribution in [0.1, 0.15) is 26.3 Å². The predicted octanol–water partition coefficient (Wildman–Crippen LogP) is 5.44. The van der Waals surface area contributed by atoms with Gasteiger partial charge in [0, 0.05) is 0 Å². The Kier molecular flexibility index (Phi) is 5.80. The Labute approximate surface area is 116 Å². The third kappa shape index (κ3) is 3.88. The number of hydrogen-bond donors (Lipinski definition) is 0. The fraction of sp³-hybridized carbons (Fsp3) is 0.429. The molecule has 1 nitrogen and oxygen atoms in total.